The van der Waals surface area contributed by atoms with E-state index in [1.54, 1.807) is 38.3 Å². The number of nitriles is 1. The first-order chi connectivity index (χ1) is 14.0. The van der Waals surface area contributed by atoms with Gasteiger partial charge >= 0.3 is 0 Å². The van der Waals surface area contributed by atoms with Crippen molar-refractivity contribution in [3.63, 3.8) is 0 Å². The third-order valence-corrected chi connectivity index (χ3v) is 5.36. The molecule has 1 amide bonds. The van der Waals surface area contributed by atoms with Crippen molar-refractivity contribution < 1.29 is 14.3 Å². The average molecular weight is 407 g/mol. The van der Waals surface area contributed by atoms with Crippen molar-refractivity contribution in [3.05, 3.63) is 64.7 Å². The fourth-order valence-corrected chi connectivity index (χ4v) is 3.70. The quantitative estimate of drug-likeness (QED) is 0.594. The number of hydrogen-bond acceptors (Lipinski definition) is 6. The fraction of sp³-hybridized carbons (Fsp3) is 0.227. The number of carbonyl (C=O) groups is 1. The molecule has 1 aromatic heterocycles. The van der Waals surface area contributed by atoms with Crippen LogP contribution in [0.4, 0.5) is 0 Å². The molecule has 0 spiro atoms. The first-order valence-corrected chi connectivity index (χ1v) is 9.81. The summed E-state index contributed by atoms with van der Waals surface area (Å²) in [6.07, 6.45) is 0.220. The fourth-order valence-electron chi connectivity index (χ4n) is 2.88. The van der Waals surface area contributed by atoms with E-state index in [9.17, 15) is 4.79 Å². The number of methoxy groups -OCH3 is 2. The van der Waals surface area contributed by atoms with Crippen molar-refractivity contribution in [2.45, 2.75) is 13.0 Å². The van der Waals surface area contributed by atoms with Crippen molar-refractivity contribution >= 4 is 17.2 Å². The molecule has 0 saturated carbocycles. The van der Waals surface area contributed by atoms with Crippen molar-refractivity contribution in [2.75, 3.05) is 21.3 Å². The smallest absolute Gasteiger partial charge is 0.228 e. The van der Waals surface area contributed by atoms with Crippen LogP contribution in [0.15, 0.2) is 47.8 Å². The maximum Gasteiger partial charge on any atom is 0.228 e. The Labute approximate surface area is 174 Å². The van der Waals surface area contributed by atoms with Crippen LogP contribution in [0.25, 0.3) is 10.6 Å². The molecule has 0 bridgehead atoms. The van der Waals surface area contributed by atoms with E-state index in [-0.39, 0.29) is 12.3 Å². The summed E-state index contributed by atoms with van der Waals surface area (Å²) in [5.74, 6) is 1.26. The molecule has 6 nitrogen and oxygen atoms in total. The highest BCUT2D eigenvalue weighted by atomic mass is 32.1. The molecule has 0 unspecified atom stereocenters. The minimum atomic E-state index is -0.0310. The first-order valence-electron chi connectivity index (χ1n) is 8.94. The van der Waals surface area contributed by atoms with Gasteiger partial charge in [0.05, 0.1) is 38.0 Å². The standard InChI is InChI=1S/C22H21N3O3S/c1-25(13-16-6-4-5-15(9-16)12-23)21(26)11-18-14-29-22(24-18)17-7-8-19(27-2)20(10-17)28-3/h4-10,14H,11,13H2,1-3H3. The Morgan fingerprint density at radius 2 is 1.97 bits per heavy atom. The number of ether oxygens (including phenoxy) is 2. The monoisotopic (exact) mass is 407 g/mol. The van der Waals surface area contributed by atoms with Gasteiger partial charge in [0.25, 0.3) is 0 Å². The van der Waals surface area contributed by atoms with Crippen LogP contribution >= 0.6 is 11.3 Å². The van der Waals surface area contributed by atoms with Crippen LogP contribution in [-0.4, -0.2) is 37.1 Å². The first kappa shape index (κ1) is 20.4. The molecule has 0 aliphatic rings. The number of likely N-dealkylation sites (N-methyl/N-ethyl adjacent to an activating group) is 1. The number of nitrogens with zero attached hydrogens (tertiary/aromatic N) is 3. The number of benzene rings is 2. The van der Waals surface area contributed by atoms with E-state index in [1.165, 1.54) is 11.3 Å². The third kappa shape index (κ3) is 4.92. The van der Waals surface area contributed by atoms with Gasteiger partial charge in [-0.3, -0.25) is 4.79 Å². The predicted octanol–water partition coefficient (Wildman–Crippen LogP) is 3.90. The lowest BCUT2D eigenvalue weighted by Gasteiger charge is -2.16. The number of aromatic nitrogens is 1. The molecule has 2 aromatic carbocycles. The second kappa shape index (κ2) is 9.22. The van der Waals surface area contributed by atoms with Crippen LogP contribution in [0.1, 0.15) is 16.8 Å². The van der Waals surface area contributed by atoms with Gasteiger partial charge < -0.3 is 14.4 Å². The van der Waals surface area contributed by atoms with Gasteiger partial charge in [-0.2, -0.15) is 5.26 Å². The molecule has 7 heteroatoms. The lowest BCUT2D eigenvalue weighted by atomic mass is 10.1. The van der Waals surface area contributed by atoms with Gasteiger partial charge in [-0.15, -0.1) is 11.3 Å². The molecular formula is C22H21N3O3S. The van der Waals surface area contributed by atoms with Gasteiger partial charge in [0.15, 0.2) is 11.5 Å². The highest BCUT2D eigenvalue weighted by molar-refractivity contribution is 7.13. The zero-order valence-corrected chi connectivity index (χ0v) is 17.3. The molecule has 0 atom stereocenters. The van der Waals surface area contributed by atoms with E-state index in [0.717, 1.165) is 21.8 Å². The summed E-state index contributed by atoms with van der Waals surface area (Å²) < 4.78 is 10.6. The summed E-state index contributed by atoms with van der Waals surface area (Å²) in [6.45, 7) is 0.445. The summed E-state index contributed by atoms with van der Waals surface area (Å²) in [7, 11) is 4.94. The minimum Gasteiger partial charge on any atom is -0.493 e. The van der Waals surface area contributed by atoms with Gasteiger partial charge in [0.1, 0.15) is 5.01 Å². The molecule has 1 heterocycles. The maximum absolute atomic E-state index is 12.6. The molecule has 0 aliphatic carbocycles. The molecule has 3 aromatic rings. The second-order valence-corrected chi connectivity index (χ2v) is 7.31. The molecule has 148 valence electrons. The molecule has 0 N–H and O–H groups in total. The van der Waals surface area contributed by atoms with Gasteiger partial charge in [0.2, 0.25) is 5.91 Å². The largest absolute Gasteiger partial charge is 0.493 e. The number of rotatable bonds is 7. The predicted molar refractivity (Wildman–Crippen MR) is 112 cm³/mol. The molecule has 0 saturated heterocycles. The Hall–Kier alpha value is -3.37. The van der Waals surface area contributed by atoms with Crippen LogP contribution in [-0.2, 0) is 17.8 Å². The summed E-state index contributed by atoms with van der Waals surface area (Å²) in [6, 6.07) is 15.0. The maximum atomic E-state index is 12.6. The van der Waals surface area contributed by atoms with Crippen molar-refractivity contribution in [1.82, 2.24) is 9.88 Å². The number of thiazole rings is 1. The lowest BCUT2D eigenvalue weighted by Crippen LogP contribution is -2.27. The Morgan fingerprint density at radius 1 is 1.17 bits per heavy atom. The van der Waals surface area contributed by atoms with E-state index in [2.05, 4.69) is 11.1 Å². The van der Waals surface area contributed by atoms with E-state index in [4.69, 9.17) is 14.7 Å². The number of hydrogen-bond donors (Lipinski definition) is 0. The summed E-state index contributed by atoms with van der Waals surface area (Å²) >= 11 is 1.48. The Morgan fingerprint density at radius 3 is 2.69 bits per heavy atom. The third-order valence-electron chi connectivity index (χ3n) is 4.42. The minimum absolute atomic E-state index is 0.0310. The van der Waals surface area contributed by atoms with Gasteiger partial charge in [-0.1, -0.05) is 12.1 Å². The molecule has 0 aliphatic heterocycles. The number of carbonyl (C=O) groups excluding carboxylic acids is 1. The van der Waals surface area contributed by atoms with Gasteiger partial charge in [-0.05, 0) is 35.9 Å². The van der Waals surface area contributed by atoms with Crippen molar-refractivity contribution in [3.8, 4) is 28.1 Å². The molecule has 0 fully saturated rings. The zero-order chi connectivity index (χ0) is 20.8. The van der Waals surface area contributed by atoms with Crippen LogP contribution < -0.4 is 9.47 Å². The molecular weight excluding hydrogens is 386 g/mol. The topological polar surface area (TPSA) is 75.5 Å². The average Bonchev–Trinajstić information content (AvgIpc) is 3.21. The summed E-state index contributed by atoms with van der Waals surface area (Å²) in [5, 5.41) is 11.7. The zero-order valence-electron chi connectivity index (χ0n) is 16.5. The van der Waals surface area contributed by atoms with Crippen LogP contribution in [0.3, 0.4) is 0 Å². The van der Waals surface area contributed by atoms with Gasteiger partial charge in [0, 0.05) is 24.5 Å². The molecule has 29 heavy (non-hydrogen) atoms. The SMILES string of the molecule is COc1ccc(-c2nc(CC(=O)N(C)Cc3cccc(C#N)c3)cs2)cc1OC. The summed E-state index contributed by atoms with van der Waals surface area (Å²) in [5.41, 5.74) is 3.14. The highest BCUT2D eigenvalue weighted by Gasteiger charge is 2.14. The normalized spacial score (nSPS) is 10.3. The van der Waals surface area contributed by atoms with Crippen molar-refractivity contribution in [2.24, 2.45) is 0 Å². The summed E-state index contributed by atoms with van der Waals surface area (Å²) in [4.78, 5) is 18.8. The van der Waals surface area contributed by atoms with E-state index in [1.807, 2.05) is 35.7 Å². The van der Waals surface area contributed by atoms with Crippen LogP contribution in [0, 0.1) is 11.3 Å². The lowest BCUT2D eigenvalue weighted by molar-refractivity contribution is -0.129. The Kier molecular flexibility index (Phi) is 6.47. The Bertz CT molecular complexity index is 1060. The van der Waals surface area contributed by atoms with Crippen LogP contribution in [0.2, 0.25) is 0 Å². The van der Waals surface area contributed by atoms with Gasteiger partial charge in [-0.25, -0.2) is 4.98 Å². The number of amides is 1. The van der Waals surface area contributed by atoms with Crippen molar-refractivity contribution in [1.29, 1.82) is 5.26 Å². The van der Waals surface area contributed by atoms with E-state index < -0.39 is 0 Å². The second-order valence-electron chi connectivity index (χ2n) is 6.45. The molecule has 0 radical (unpaired) electrons. The van der Waals surface area contributed by atoms with E-state index >= 15 is 0 Å². The highest BCUT2D eigenvalue weighted by Crippen LogP contribution is 2.33. The Balaban J connectivity index is 1.67. The van der Waals surface area contributed by atoms with E-state index in [0.29, 0.717) is 23.6 Å². The van der Waals surface area contributed by atoms with Crippen LogP contribution in [0.5, 0.6) is 11.5 Å². The molecule has 3 rings (SSSR count).